The standard InChI is InChI=1S/C64H124O6/c1-5-7-9-11-13-15-17-19-21-23-25-27-33-37-41-45-49-53-57-64(67)70-61(58-68-62(65)55-51-47-43-39-35-31-26-24-22-20-18-16-14-12-10-8-6-2)59-69-63(66)56-52-48-44-40-36-32-29-28-30-34-38-42-46-50-54-60(3)4/h60-61H,5-59H2,1-4H3/t61-/m1/s1. The van der Waals surface area contributed by atoms with Gasteiger partial charge in [-0.15, -0.1) is 0 Å². The van der Waals surface area contributed by atoms with Crippen LogP contribution in [-0.4, -0.2) is 37.2 Å². The van der Waals surface area contributed by atoms with Crippen LogP contribution in [0.15, 0.2) is 0 Å². The molecule has 0 bridgehead atoms. The fourth-order valence-electron chi connectivity index (χ4n) is 9.99. The van der Waals surface area contributed by atoms with Crippen molar-refractivity contribution < 1.29 is 28.6 Å². The van der Waals surface area contributed by atoms with Gasteiger partial charge in [0, 0.05) is 19.3 Å². The highest BCUT2D eigenvalue weighted by Gasteiger charge is 2.19. The maximum absolute atomic E-state index is 12.9. The number of ether oxygens (including phenoxy) is 3. The summed E-state index contributed by atoms with van der Waals surface area (Å²) < 4.78 is 17.0. The van der Waals surface area contributed by atoms with E-state index in [0.29, 0.717) is 19.3 Å². The van der Waals surface area contributed by atoms with Crippen LogP contribution in [-0.2, 0) is 28.6 Å². The number of esters is 3. The molecule has 0 aromatic carbocycles. The van der Waals surface area contributed by atoms with Gasteiger partial charge in [-0.2, -0.15) is 0 Å². The second kappa shape index (κ2) is 58.3. The van der Waals surface area contributed by atoms with E-state index in [4.69, 9.17) is 14.2 Å². The van der Waals surface area contributed by atoms with Crippen LogP contribution in [0.2, 0.25) is 0 Å². The topological polar surface area (TPSA) is 78.9 Å². The molecule has 6 heteroatoms. The smallest absolute Gasteiger partial charge is 0.306 e. The third kappa shape index (κ3) is 57.3. The SMILES string of the molecule is CCCCCCCCCCCCCCCCCCCCC(=O)O[C@H](COC(=O)CCCCCCCCCCCCCCCCCCC)COC(=O)CCCCCCCCCCCCCCCCC(C)C. The zero-order chi connectivity index (χ0) is 50.9. The van der Waals surface area contributed by atoms with Crippen LogP contribution in [0.1, 0.15) is 368 Å². The molecule has 0 amide bonds. The zero-order valence-electron chi connectivity index (χ0n) is 48.0. The monoisotopic (exact) mass is 989 g/mol. The maximum Gasteiger partial charge on any atom is 0.306 e. The molecule has 0 aromatic heterocycles. The predicted molar refractivity (Wildman–Crippen MR) is 303 cm³/mol. The third-order valence-electron chi connectivity index (χ3n) is 14.8. The quantitative estimate of drug-likeness (QED) is 0.0343. The van der Waals surface area contributed by atoms with Gasteiger partial charge in [0.25, 0.3) is 0 Å². The summed E-state index contributed by atoms with van der Waals surface area (Å²) in [5.74, 6) is 0.0174. The largest absolute Gasteiger partial charge is 0.462 e. The number of carbonyl (C=O) groups excluding carboxylic acids is 3. The summed E-state index contributed by atoms with van der Waals surface area (Å²) in [7, 11) is 0. The van der Waals surface area contributed by atoms with Crippen molar-refractivity contribution in [2.45, 2.75) is 374 Å². The van der Waals surface area contributed by atoms with Crippen LogP contribution in [0.4, 0.5) is 0 Å². The molecular weight excluding hydrogens is 865 g/mol. The summed E-state index contributed by atoms with van der Waals surface area (Å²) in [4.78, 5) is 38.3. The van der Waals surface area contributed by atoms with Crippen molar-refractivity contribution in [2.75, 3.05) is 13.2 Å². The first-order chi connectivity index (χ1) is 34.4. The summed E-state index contributed by atoms with van der Waals surface area (Å²) in [6.07, 6.45) is 65.3. The van der Waals surface area contributed by atoms with Crippen LogP contribution in [0.5, 0.6) is 0 Å². The average Bonchev–Trinajstić information content (AvgIpc) is 3.35. The Morgan fingerprint density at radius 1 is 0.271 bits per heavy atom. The van der Waals surface area contributed by atoms with Gasteiger partial charge in [0.2, 0.25) is 0 Å². The lowest BCUT2D eigenvalue weighted by atomic mass is 10.0. The highest BCUT2D eigenvalue weighted by atomic mass is 16.6. The molecule has 0 spiro atoms. The van der Waals surface area contributed by atoms with Gasteiger partial charge in [-0.1, -0.05) is 329 Å². The van der Waals surface area contributed by atoms with Crippen molar-refractivity contribution in [3.8, 4) is 0 Å². The Kier molecular flexibility index (Phi) is 57.0. The van der Waals surface area contributed by atoms with E-state index in [1.54, 1.807) is 0 Å². The molecule has 0 saturated carbocycles. The first-order valence-corrected chi connectivity index (χ1v) is 31.9. The minimum atomic E-state index is -0.763. The molecule has 0 heterocycles. The molecule has 6 nitrogen and oxygen atoms in total. The summed E-state index contributed by atoms with van der Waals surface area (Å²) in [6, 6.07) is 0. The van der Waals surface area contributed by atoms with Crippen molar-refractivity contribution in [3.05, 3.63) is 0 Å². The molecule has 416 valence electrons. The molecular formula is C64H124O6. The third-order valence-corrected chi connectivity index (χ3v) is 14.8. The van der Waals surface area contributed by atoms with Gasteiger partial charge >= 0.3 is 17.9 Å². The first kappa shape index (κ1) is 68.4. The Morgan fingerprint density at radius 2 is 0.471 bits per heavy atom. The molecule has 0 rings (SSSR count). The number of hydrogen-bond donors (Lipinski definition) is 0. The zero-order valence-corrected chi connectivity index (χ0v) is 48.0. The summed E-state index contributed by atoms with van der Waals surface area (Å²) in [6.45, 7) is 9.09. The van der Waals surface area contributed by atoms with Gasteiger partial charge in [0.05, 0.1) is 0 Å². The fourth-order valence-corrected chi connectivity index (χ4v) is 9.99. The number of unbranched alkanes of at least 4 members (excludes halogenated alkanes) is 46. The van der Waals surface area contributed by atoms with E-state index in [9.17, 15) is 14.4 Å². The second-order valence-electron chi connectivity index (χ2n) is 22.5. The highest BCUT2D eigenvalue weighted by molar-refractivity contribution is 5.71. The van der Waals surface area contributed by atoms with Crippen LogP contribution < -0.4 is 0 Å². The summed E-state index contributed by atoms with van der Waals surface area (Å²) >= 11 is 0. The average molecular weight is 990 g/mol. The normalized spacial score (nSPS) is 12.0. The Labute approximate surface area is 438 Å². The molecule has 1 atom stereocenters. The van der Waals surface area contributed by atoms with Gasteiger partial charge in [-0.05, 0) is 25.2 Å². The van der Waals surface area contributed by atoms with E-state index < -0.39 is 6.10 Å². The van der Waals surface area contributed by atoms with E-state index in [1.165, 1.54) is 263 Å². The van der Waals surface area contributed by atoms with Crippen LogP contribution in [0.25, 0.3) is 0 Å². The molecule has 70 heavy (non-hydrogen) atoms. The van der Waals surface area contributed by atoms with Gasteiger partial charge in [0.1, 0.15) is 13.2 Å². The van der Waals surface area contributed by atoms with Crippen molar-refractivity contribution in [1.29, 1.82) is 0 Å². The van der Waals surface area contributed by atoms with Crippen molar-refractivity contribution in [2.24, 2.45) is 5.92 Å². The first-order valence-electron chi connectivity index (χ1n) is 31.9. The van der Waals surface area contributed by atoms with Gasteiger partial charge in [0.15, 0.2) is 6.10 Å². The van der Waals surface area contributed by atoms with Crippen LogP contribution in [0, 0.1) is 5.92 Å². The molecule has 0 unspecified atom stereocenters. The number of hydrogen-bond acceptors (Lipinski definition) is 6. The van der Waals surface area contributed by atoms with Gasteiger partial charge in [-0.3, -0.25) is 14.4 Å². The van der Waals surface area contributed by atoms with Crippen molar-refractivity contribution in [3.63, 3.8) is 0 Å². The summed E-state index contributed by atoms with van der Waals surface area (Å²) in [5.41, 5.74) is 0. The van der Waals surface area contributed by atoms with E-state index in [-0.39, 0.29) is 31.1 Å². The Hall–Kier alpha value is -1.59. The molecule has 0 aliphatic carbocycles. The number of carbonyl (C=O) groups is 3. The Morgan fingerprint density at radius 3 is 0.700 bits per heavy atom. The molecule has 0 aliphatic rings. The minimum Gasteiger partial charge on any atom is -0.462 e. The highest BCUT2D eigenvalue weighted by Crippen LogP contribution is 2.19. The second-order valence-corrected chi connectivity index (χ2v) is 22.5. The lowest BCUT2D eigenvalue weighted by Crippen LogP contribution is -2.30. The Bertz CT molecular complexity index is 1060. The Balaban J connectivity index is 4.29. The molecule has 0 aliphatic heterocycles. The van der Waals surface area contributed by atoms with Crippen molar-refractivity contribution in [1.82, 2.24) is 0 Å². The lowest BCUT2D eigenvalue weighted by molar-refractivity contribution is -0.167. The molecule has 0 radical (unpaired) electrons. The van der Waals surface area contributed by atoms with E-state index in [1.807, 2.05) is 0 Å². The minimum absolute atomic E-state index is 0.0611. The fraction of sp³-hybridized carbons (Fsp3) is 0.953. The van der Waals surface area contributed by atoms with Gasteiger partial charge < -0.3 is 14.2 Å². The number of rotatable bonds is 59. The molecule has 0 N–H and O–H groups in total. The maximum atomic E-state index is 12.9. The van der Waals surface area contributed by atoms with Crippen LogP contribution in [0.3, 0.4) is 0 Å². The van der Waals surface area contributed by atoms with Crippen LogP contribution >= 0.6 is 0 Å². The summed E-state index contributed by atoms with van der Waals surface area (Å²) in [5, 5.41) is 0. The molecule has 0 fully saturated rings. The molecule has 0 saturated heterocycles. The predicted octanol–water partition coefficient (Wildman–Crippen LogP) is 21.4. The van der Waals surface area contributed by atoms with Crippen molar-refractivity contribution >= 4 is 17.9 Å². The van der Waals surface area contributed by atoms with Gasteiger partial charge in [-0.25, -0.2) is 0 Å². The van der Waals surface area contributed by atoms with E-state index >= 15 is 0 Å². The lowest BCUT2D eigenvalue weighted by Gasteiger charge is -2.18. The van der Waals surface area contributed by atoms with E-state index in [2.05, 4.69) is 27.7 Å². The van der Waals surface area contributed by atoms with E-state index in [0.717, 1.165) is 63.7 Å². The molecule has 0 aromatic rings.